The highest BCUT2D eigenvalue weighted by Gasteiger charge is 2.45. The molecule has 1 aromatic heterocycles. The molecule has 2 bridgehead atoms. The van der Waals surface area contributed by atoms with Gasteiger partial charge in [0.25, 0.3) is 0 Å². The van der Waals surface area contributed by atoms with Gasteiger partial charge in [-0.3, -0.25) is 4.79 Å². The van der Waals surface area contributed by atoms with Crippen molar-refractivity contribution in [2.45, 2.75) is 44.1 Å². The Kier molecular flexibility index (Phi) is 5.48. The summed E-state index contributed by atoms with van der Waals surface area (Å²) in [5.41, 5.74) is 1.16. The van der Waals surface area contributed by atoms with Crippen LogP contribution in [0.15, 0.2) is 75.9 Å². The van der Waals surface area contributed by atoms with Crippen LogP contribution >= 0.6 is 0 Å². The first-order valence-corrected chi connectivity index (χ1v) is 12.3. The lowest BCUT2D eigenvalue weighted by Crippen LogP contribution is -2.21. The summed E-state index contributed by atoms with van der Waals surface area (Å²) < 4.78 is 47.8. The van der Waals surface area contributed by atoms with Gasteiger partial charge in [-0.25, -0.2) is 4.79 Å². The largest absolute Gasteiger partial charge is 0.478 e. The van der Waals surface area contributed by atoms with Crippen molar-refractivity contribution in [1.29, 1.82) is 0 Å². The highest BCUT2D eigenvalue weighted by Crippen LogP contribution is 2.55. The van der Waals surface area contributed by atoms with Crippen LogP contribution in [0.2, 0.25) is 0 Å². The molecule has 2 unspecified atom stereocenters. The Balaban J connectivity index is 1.50. The Hall–Kier alpha value is -4.27. The Morgan fingerprint density at radius 2 is 1.66 bits per heavy atom. The number of nitrogens with one attached hydrogen (secondary N) is 1. The molecule has 0 radical (unpaired) electrons. The second-order valence-electron chi connectivity index (χ2n) is 9.75. The minimum Gasteiger partial charge on any atom is -0.478 e. The van der Waals surface area contributed by atoms with Crippen LogP contribution in [0.1, 0.15) is 70.5 Å². The summed E-state index contributed by atoms with van der Waals surface area (Å²) in [6.07, 6.45) is -2.93. The fourth-order valence-corrected chi connectivity index (χ4v) is 5.84. The summed E-state index contributed by atoms with van der Waals surface area (Å²) in [5, 5.41) is 12.4. The summed E-state index contributed by atoms with van der Waals surface area (Å²) >= 11 is 0. The highest BCUT2D eigenvalue weighted by molar-refractivity contribution is 5.94. The maximum absolute atomic E-state index is 13.8. The Labute approximate surface area is 215 Å². The third-order valence-electron chi connectivity index (χ3n) is 7.52. The standard InChI is InChI=1S/C29H23F3N2O4/c1-15(33-22-9-5-4-8-19(22)28(36)37)20-12-16(29(30,31)32)13-21-25(35)14-26(38-27(20)21)34-23-10-11-24(34)18-7-3-2-6-17(18)23/h2-9,12-15,23-24,33H,10-11H2,1H3,(H,36,37)/t15-,23?,24?/m1/s1. The molecule has 6 rings (SSSR count). The lowest BCUT2D eigenvalue weighted by molar-refractivity contribution is -0.137. The maximum Gasteiger partial charge on any atom is 0.416 e. The number of carbonyl (C=O) groups is 1. The minimum absolute atomic E-state index is 0.0210. The van der Waals surface area contributed by atoms with Crippen LogP contribution in [-0.4, -0.2) is 11.1 Å². The van der Waals surface area contributed by atoms with E-state index in [2.05, 4.69) is 17.4 Å². The molecule has 2 aliphatic heterocycles. The molecule has 194 valence electrons. The average Bonchev–Trinajstić information content (AvgIpc) is 3.45. The third-order valence-corrected chi connectivity index (χ3v) is 7.52. The zero-order chi connectivity index (χ0) is 26.8. The number of anilines is 2. The summed E-state index contributed by atoms with van der Waals surface area (Å²) in [6.45, 7) is 1.61. The first-order valence-electron chi connectivity index (χ1n) is 12.3. The van der Waals surface area contributed by atoms with Gasteiger partial charge in [0.15, 0.2) is 5.43 Å². The first kappa shape index (κ1) is 24.1. The van der Waals surface area contributed by atoms with Gasteiger partial charge in [0.1, 0.15) is 5.58 Å². The van der Waals surface area contributed by atoms with Gasteiger partial charge in [0, 0.05) is 17.3 Å². The van der Waals surface area contributed by atoms with E-state index >= 15 is 0 Å². The number of benzene rings is 3. The van der Waals surface area contributed by atoms with Gasteiger partial charge in [-0.05, 0) is 55.2 Å². The predicted molar refractivity (Wildman–Crippen MR) is 137 cm³/mol. The summed E-state index contributed by atoms with van der Waals surface area (Å²) in [6, 6.07) is 16.5. The van der Waals surface area contributed by atoms with E-state index in [1.807, 2.05) is 17.0 Å². The molecule has 9 heteroatoms. The normalized spacial score (nSPS) is 19.0. The number of nitrogens with zero attached hydrogens (tertiary/aromatic N) is 1. The monoisotopic (exact) mass is 520 g/mol. The van der Waals surface area contributed by atoms with E-state index in [0.717, 1.165) is 25.0 Å². The zero-order valence-corrected chi connectivity index (χ0v) is 20.3. The SMILES string of the molecule is C[C@@H](Nc1ccccc1C(=O)O)c1cc(C(F)(F)F)cc2c(=O)cc(N3C4CCC3c3ccccc34)oc12. The van der Waals surface area contributed by atoms with Gasteiger partial charge in [-0.2, -0.15) is 13.2 Å². The Morgan fingerprint density at radius 1 is 1.03 bits per heavy atom. The van der Waals surface area contributed by atoms with Crippen molar-refractivity contribution in [3.05, 3.63) is 105 Å². The summed E-state index contributed by atoms with van der Waals surface area (Å²) in [7, 11) is 0. The molecule has 3 heterocycles. The van der Waals surface area contributed by atoms with Crippen LogP contribution in [0.4, 0.5) is 24.7 Å². The van der Waals surface area contributed by atoms with Crippen LogP contribution in [0.3, 0.4) is 0 Å². The molecule has 1 saturated heterocycles. The molecule has 38 heavy (non-hydrogen) atoms. The number of halogens is 3. The van der Waals surface area contributed by atoms with Gasteiger partial charge in [0.2, 0.25) is 5.88 Å². The number of para-hydroxylation sites is 1. The number of hydrogen-bond acceptors (Lipinski definition) is 5. The molecule has 2 aliphatic rings. The zero-order valence-electron chi connectivity index (χ0n) is 20.3. The number of rotatable bonds is 5. The van der Waals surface area contributed by atoms with Crippen molar-refractivity contribution in [2.75, 3.05) is 10.2 Å². The van der Waals surface area contributed by atoms with Crippen LogP contribution in [0, 0.1) is 0 Å². The van der Waals surface area contributed by atoms with Crippen molar-refractivity contribution in [3.63, 3.8) is 0 Å². The molecule has 0 saturated carbocycles. The third kappa shape index (κ3) is 3.81. The van der Waals surface area contributed by atoms with Crippen molar-refractivity contribution < 1.29 is 27.5 Å². The van der Waals surface area contributed by atoms with E-state index in [1.165, 1.54) is 29.3 Å². The van der Waals surface area contributed by atoms with Crippen LogP contribution in [0.5, 0.6) is 0 Å². The number of hydrogen-bond donors (Lipinski definition) is 2. The smallest absolute Gasteiger partial charge is 0.416 e. The topological polar surface area (TPSA) is 82.8 Å². The molecule has 1 fully saturated rings. The highest BCUT2D eigenvalue weighted by atomic mass is 19.4. The van der Waals surface area contributed by atoms with Gasteiger partial charge < -0.3 is 19.7 Å². The molecular weight excluding hydrogens is 497 g/mol. The molecule has 4 aromatic rings. The molecule has 3 aromatic carbocycles. The van der Waals surface area contributed by atoms with Gasteiger partial charge in [0.05, 0.1) is 34.6 Å². The minimum atomic E-state index is -4.69. The number of aromatic carboxylic acids is 1. The lowest BCUT2D eigenvalue weighted by atomic mass is 9.92. The predicted octanol–water partition coefficient (Wildman–Crippen LogP) is 7.08. The number of alkyl halides is 3. The lowest BCUT2D eigenvalue weighted by Gasteiger charge is -2.25. The van der Waals surface area contributed by atoms with Crippen molar-refractivity contribution in [3.8, 4) is 0 Å². The van der Waals surface area contributed by atoms with Gasteiger partial charge in [-0.1, -0.05) is 36.4 Å². The molecule has 0 spiro atoms. The van der Waals surface area contributed by atoms with E-state index in [9.17, 15) is 27.9 Å². The van der Waals surface area contributed by atoms with Crippen molar-refractivity contribution >= 4 is 28.5 Å². The summed E-state index contributed by atoms with van der Waals surface area (Å²) in [4.78, 5) is 27.0. The quantitative estimate of drug-likeness (QED) is 0.293. The Bertz CT molecular complexity index is 1610. The van der Waals surface area contributed by atoms with E-state index in [-0.39, 0.29) is 39.9 Å². The average molecular weight is 521 g/mol. The van der Waals surface area contributed by atoms with Crippen LogP contribution in [-0.2, 0) is 6.18 Å². The van der Waals surface area contributed by atoms with Gasteiger partial charge >= 0.3 is 12.1 Å². The Morgan fingerprint density at radius 3 is 2.29 bits per heavy atom. The first-order chi connectivity index (χ1) is 18.1. The molecule has 0 aliphatic carbocycles. The number of carboxylic acids is 1. The van der Waals surface area contributed by atoms with E-state index in [0.29, 0.717) is 5.88 Å². The molecule has 6 nitrogen and oxygen atoms in total. The van der Waals surface area contributed by atoms with Crippen LogP contribution < -0.4 is 15.6 Å². The second-order valence-corrected chi connectivity index (χ2v) is 9.75. The molecule has 2 N–H and O–H groups in total. The fraction of sp³-hybridized carbons (Fsp3) is 0.241. The van der Waals surface area contributed by atoms with Gasteiger partial charge in [-0.15, -0.1) is 0 Å². The maximum atomic E-state index is 13.8. The molecule has 3 atom stereocenters. The summed E-state index contributed by atoms with van der Waals surface area (Å²) in [5.74, 6) is -0.863. The molecule has 0 amide bonds. The van der Waals surface area contributed by atoms with Crippen molar-refractivity contribution in [1.82, 2.24) is 0 Å². The second kappa shape index (κ2) is 8.65. The van der Waals surface area contributed by atoms with E-state index in [4.69, 9.17) is 4.42 Å². The van der Waals surface area contributed by atoms with Crippen molar-refractivity contribution in [2.24, 2.45) is 0 Å². The van der Waals surface area contributed by atoms with Crippen LogP contribution in [0.25, 0.3) is 11.0 Å². The molecular formula is C29H23F3N2O4. The number of carboxylic acid groups (broad SMARTS) is 1. The van der Waals surface area contributed by atoms with E-state index < -0.39 is 29.2 Å². The number of fused-ring (bicyclic) bond motifs is 6. The van der Waals surface area contributed by atoms with E-state index in [1.54, 1.807) is 19.1 Å². The fourth-order valence-electron chi connectivity index (χ4n) is 5.84.